The van der Waals surface area contributed by atoms with E-state index in [1.54, 1.807) is 12.1 Å². The minimum absolute atomic E-state index is 0.0621. The number of piperazine rings is 1. The molecule has 2 N–H and O–H groups in total. The number of carboxylic acid groups (broad SMARTS) is 1. The van der Waals surface area contributed by atoms with Gasteiger partial charge < -0.3 is 24.6 Å². The van der Waals surface area contributed by atoms with Gasteiger partial charge in [0.05, 0.1) is 37.0 Å². The number of ether oxygens (including phenoxy) is 2. The van der Waals surface area contributed by atoms with Crippen LogP contribution in [-0.2, 0) is 16.1 Å². The van der Waals surface area contributed by atoms with Crippen molar-refractivity contribution >= 4 is 12.1 Å². The predicted molar refractivity (Wildman–Crippen MR) is 90.0 cm³/mol. The van der Waals surface area contributed by atoms with Crippen LogP contribution in [0.5, 0.6) is 0 Å². The van der Waals surface area contributed by atoms with Crippen molar-refractivity contribution in [2.24, 2.45) is 0 Å². The molecule has 8 heteroatoms. The first-order valence-corrected chi connectivity index (χ1v) is 8.74. The van der Waals surface area contributed by atoms with Crippen molar-refractivity contribution in [2.75, 3.05) is 32.8 Å². The first-order chi connectivity index (χ1) is 12.5. The summed E-state index contributed by atoms with van der Waals surface area (Å²) in [7, 11) is 0. The van der Waals surface area contributed by atoms with Gasteiger partial charge in [-0.05, 0) is 24.1 Å². The molecule has 0 radical (unpaired) electrons. The minimum atomic E-state index is -0.916. The number of fused-ring (bicyclic) bond motifs is 3. The standard InChI is InChI=1S/C18H22N2O6/c1-10-13(2-3-14-15(10)9-26-17(14)22)16(21)6-20-11-4-19(18(23)24)5-12(20)8-25-7-11/h2-3,11-12,16,21H,4-9H2,1H3,(H,23,24)/t11?,12?,16-/m1/s1. The molecule has 3 aliphatic heterocycles. The Balaban J connectivity index is 1.53. The summed E-state index contributed by atoms with van der Waals surface area (Å²) in [5, 5.41) is 20.1. The van der Waals surface area contributed by atoms with Crippen LogP contribution in [0.15, 0.2) is 12.1 Å². The van der Waals surface area contributed by atoms with Crippen molar-refractivity contribution in [3.8, 4) is 0 Å². The SMILES string of the molecule is Cc1c([C@H](O)CN2C3COCC2CN(C(=O)O)C3)ccc2c1COC2=O. The monoisotopic (exact) mass is 362 g/mol. The van der Waals surface area contributed by atoms with Crippen LogP contribution in [0, 0.1) is 6.92 Å². The molecule has 8 nitrogen and oxygen atoms in total. The fourth-order valence-electron chi connectivity index (χ4n) is 4.21. The van der Waals surface area contributed by atoms with E-state index in [2.05, 4.69) is 4.90 Å². The highest BCUT2D eigenvalue weighted by Gasteiger charge is 2.40. The lowest BCUT2D eigenvalue weighted by molar-refractivity contribution is -0.103. The summed E-state index contributed by atoms with van der Waals surface area (Å²) in [6.07, 6.45) is -1.64. The maximum absolute atomic E-state index is 11.7. The molecule has 3 aliphatic rings. The predicted octanol–water partition coefficient (Wildman–Crippen LogP) is 0.762. The normalized spacial score (nSPS) is 26.4. The lowest BCUT2D eigenvalue weighted by Crippen LogP contribution is -2.65. The van der Waals surface area contributed by atoms with Gasteiger partial charge in [0.1, 0.15) is 6.61 Å². The number of rotatable bonds is 3. The molecule has 140 valence electrons. The van der Waals surface area contributed by atoms with E-state index in [9.17, 15) is 19.8 Å². The van der Waals surface area contributed by atoms with Gasteiger partial charge in [0.2, 0.25) is 0 Å². The molecule has 26 heavy (non-hydrogen) atoms. The van der Waals surface area contributed by atoms with Gasteiger partial charge >= 0.3 is 12.1 Å². The molecule has 2 fully saturated rings. The van der Waals surface area contributed by atoms with E-state index in [0.29, 0.717) is 38.4 Å². The Bertz CT molecular complexity index is 737. The fourth-order valence-corrected chi connectivity index (χ4v) is 4.21. The zero-order valence-electron chi connectivity index (χ0n) is 14.6. The lowest BCUT2D eigenvalue weighted by atomic mass is 9.94. The first-order valence-electron chi connectivity index (χ1n) is 8.74. The van der Waals surface area contributed by atoms with E-state index < -0.39 is 12.2 Å². The molecular weight excluding hydrogens is 340 g/mol. The number of hydrogen-bond donors (Lipinski definition) is 2. The quantitative estimate of drug-likeness (QED) is 0.766. The maximum Gasteiger partial charge on any atom is 0.407 e. The number of hydrogen-bond acceptors (Lipinski definition) is 6. The van der Waals surface area contributed by atoms with Crippen LogP contribution >= 0.6 is 0 Å². The van der Waals surface area contributed by atoms with Gasteiger partial charge in [0.15, 0.2) is 0 Å². The number of benzene rings is 1. The van der Waals surface area contributed by atoms with Crippen molar-refractivity contribution in [1.29, 1.82) is 0 Å². The number of carbonyl (C=O) groups is 2. The number of amides is 1. The molecule has 3 atom stereocenters. The Labute approximate surface area is 150 Å². The van der Waals surface area contributed by atoms with Gasteiger partial charge in [-0.25, -0.2) is 9.59 Å². The van der Waals surface area contributed by atoms with Gasteiger partial charge in [-0.2, -0.15) is 0 Å². The summed E-state index contributed by atoms with van der Waals surface area (Å²) >= 11 is 0. The van der Waals surface area contributed by atoms with Crippen molar-refractivity contribution in [2.45, 2.75) is 31.7 Å². The third-order valence-electron chi connectivity index (χ3n) is 5.64. The molecule has 1 aromatic carbocycles. The van der Waals surface area contributed by atoms with E-state index in [1.165, 1.54) is 4.90 Å². The second-order valence-electron chi connectivity index (χ2n) is 7.13. The molecule has 2 bridgehead atoms. The largest absolute Gasteiger partial charge is 0.465 e. The highest BCUT2D eigenvalue weighted by Crippen LogP contribution is 2.31. The van der Waals surface area contributed by atoms with Crippen LogP contribution < -0.4 is 0 Å². The molecule has 3 heterocycles. The summed E-state index contributed by atoms with van der Waals surface area (Å²) in [6, 6.07) is 3.37. The average molecular weight is 362 g/mol. The fraction of sp³-hybridized carbons (Fsp3) is 0.556. The number of aliphatic hydroxyl groups is 1. The van der Waals surface area contributed by atoms with Crippen LogP contribution in [-0.4, -0.2) is 77.0 Å². The third-order valence-corrected chi connectivity index (χ3v) is 5.64. The number of esters is 1. The summed E-state index contributed by atoms with van der Waals surface area (Å²) in [5.74, 6) is -0.319. The number of morpholine rings is 1. The highest BCUT2D eigenvalue weighted by atomic mass is 16.5. The van der Waals surface area contributed by atoms with Crippen molar-refractivity contribution in [3.63, 3.8) is 0 Å². The van der Waals surface area contributed by atoms with Gasteiger partial charge in [-0.3, -0.25) is 4.90 Å². The number of nitrogens with zero attached hydrogens (tertiary/aromatic N) is 2. The Hall–Kier alpha value is -2.16. The van der Waals surface area contributed by atoms with Crippen LogP contribution in [0.2, 0.25) is 0 Å². The first kappa shape index (κ1) is 17.3. The Morgan fingerprint density at radius 1 is 1.31 bits per heavy atom. The maximum atomic E-state index is 11.7. The molecule has 0 saturated carbocycles. The molecule has 1 aromatic rings. The second-order valence-corrected chi connectivity index (χ2v) is 7.13. The zero-order chi connectivity index (χ0) is 18.4. The summed E-state index contributed by atoms with van der Waals surface area (Å²) in [6.45, 7) is 4.22. The molecular formula is C18H22N2O6. The van der Waals surface area contributed by atoms with Crippen LogP contribution in [0.25, 0.3) is 0 Å². The van der Waals surface area contributed by atoms with Crippen LogP contribution in [0.3, 0.4) is 0 Å². The second kappa shape index (κ2) is 6.53. The van der Waals surface area contributed by atoms with E-state index in [1.807, 2.05) is 6.92 Å². The highest BCUT2D eigenvalue weighted by molar-refractivity contribution is 5.93. The number of aliphatic hydroxyl groups excluding tert-OH is 1. The molecule has 1 amide bonds. The number of cyclic esters (lactones) is 1. The van der Waals surface area contributed by atoms with Crippen LogP contribution in [0.1, 0.15) is 33.2 Å². The molecule has 0 aliphatic carbocycles. The third kappa shape index (κ3) is 2.84. The van der Waals surface area contributed by atoms with Gasteiger partial charge in [-0.1, -0.05) is 6.07 Å². The topological polar surface area (TPSA) is 99.5 Å². The average Bonchev–Trinajstić information content (AvgIpc) is 2.96. The number of carbonyl (C=O) groups excluding carboxylic acids is 1. The Morgan fingerprint density at radius 3 is 2.65 bits per heavy atom. The van der Waals surface area contributed by atoms with Gasteiger partial charge in [0, 0.05) is 25.2 Å². The van der Waals surface area contributed by atoms with E-state index in [4.69, 9.17) is 9.47 Å². The van der Waals surface area contributed by atoms with Crippen molar-refractivity contribution in [1.82, 2.24) is 9.80 Å². The van der Waals surface area contributed by atoms with E-state index in [-0.39, 0.29) is 24.7 Å². The smallest absolute Gasteiger partial charge is 0.407 e. The van der Waals surface area contributed by atoms with Gasteiger partial charge in [-0.15, -0.1) is 0 Å². The van der Waals surface area contributed by atoms with Crippen molar-refractivity contribution in [3.05, 3.63) is 34.4 Å². The molecule has 2 saturated heterocycles. The molecule has 0 aromatic heterocycles. The van der Waals surface area contributed by atoms with Gasteiger partial charge in [0.25, 0.3) is 0 Å². The molecule has 0 spiro atoms. The van der Waals surface area contributed by atoms with E-state index >= 15 is 0 Å². The molecule has 4 rings (SSSR count). The summed E-state index contributed by atoms with van der Waals surface area (Å²) in [5.41, 5.74) is 3.07. The summed E-state index contributed by atoms with van der Waals surface area (Å²) < 4.78 is 10.7. The zero-order valence-corrected chi connectivity index (χ0v) is 14.6. The van der Waals surface area contributed by atoms with E-state index in [0.717, 1.165) is 16.7 Å². The minimum Gasteiger partial charge on any atom is -0.465 e. The lowest BCUT2D eigenvalue weighted by Gasteiger charge is -2.49. The Morgan fingerprint density at radius 2 is 2.00 bits per heavy atom. The van der Waals surface area contributed by atoms with Crippen molar-refractivity contribution < 1.29 is 29.3 Å². The Kier molecular flexibility index (Phi) is 4.34. The summed E-state index contributed by atoms with van der Waals surface area (Å²) in [4.78, 5) is 26.5. The van der Waals surface area contributed by atoms with Crippen LogP contribution in [0.4, 0.5) is 4.79 Å². The molecule has 2 unspecified atom stereocenters.